The zero-order valence-electron chi connectivity index (χ0n) is 18.1. The second-order valence-corrected chi connectivity index (χ2v) is 8.08. The summed E-state index contributed by atoms with van der Waals surface area (Å²) in [6.45, 7) is 5.05. The van der Waals surface area contributed by atoms with Crippen LogP contribution in [-0.2, 0) is 24.3 Å². The van der Waals surface area contributed by atoms with E-state index >= 15 is 0 Å². The van der Waals surface area contributed by atoms with Crippen molar-refractivity contribution >= 4 is 5.91 Å². The maximum atomic E-state index is 12.4. The van der Waals surface area contributed by atoms with Gasteiger partial charge < -0.3 is 10.1 Å². The molecule has 0 spiro atoms. The maximum Gasteiger partial charge on any atom is 0.220 e. The minimum absolute atomic E-state index is 0.0252. The molecule has 160 valence electrons. The summed E-state index contributed by atoms with van der Waals surface area (Å²) >= 11 is 0. The number of ether oxygens (including phenoxy) is 1. The molecule has 1 heterocycles. The lowest BCUT2D eigenvalue weighted by atomic mass is 9.98. The molecule has 1 aromatic carbocycles. The van der Waals surface area contributed by atoms with Crippen LogP contribution in [0, 0.1) is 25.2 Å². The molecule has 0 radical (unpaired) electrons. The lowest BCUT2D eigenvalue weighted by Gasteiger charge is -2.23. The van der Waals surface area contributed by atoms with Crippen LogP contribution < -0.4 is 10.1 Å². The molecule has 0 unspecified atom stereocenters. The van der Waals surface area contributed by atoms with Crippen molar-refractivity contribution in [2.24, 2.45) is 0 Å². The maximum absolute atomic E-state index is 12.4. The Kier molecular flexibility index (Phi) is 7.89. The van der Waals surface area contributed by atoms with E-state index in [9.17, 15) is 4.79 Å². The molecular formula is C24H32N4O2. The number of carbonyl (C=O) groups excluding carboxylic acids is 1. The van der Waals surface area contributed by atoms with Crippen LogP contribution in [0.25, 0.3) is 0 Å². The SMILES string of the molecule is Cc1nn(CCC#N)c(C)c1CCC(=O)NCc1cccc(OC2CCCCC2)c1. The molecule has 1 aromatic heterocycles. The van der Waals surface area contributed by atoms with Crippen molar-refractivity contribution in [3.8, 4) is 11.8 Å². The van der Waals surface area contributed by atoms with Crippen molar-refractivity contribution in [1.29, 1.82) is 5.26 Å². The number of carbonyl (C=O) groups is 1. The molecule has 1 saturated carbocycles. The van der Waals surface area contributed by atoms with Gasteiger partial charge in [-0.2, -0.15) is 10.4 Å². The van der Waals surface area contributed by atoms with Gasteiger partial charge in [0.15, 0.2) is 0 Å². The van der Waals surface area contributed by atoms with Gasteiger partial charge in [-0.3, -0.25) is 9.48 Å². The molecule has 1 fully saturated rings. The van der Waals surface area contributed by atoms with Gasteiger partial charge in [0, 0.05) is 18.7 Å². The molecule has 0 aliphatic heterocycles. The standard InChI is InChI=1S/C24H32N4O2/c1-18-23(19(2)28(27-18)15-7-14-25)12-13-24(29)26-17-20-8-6-11-22(16-20)30-21-9-4-3-5-10-21/h6,8,11,16,21H,3-5,7,9-10,12-13,15,17H2,1-2H3,(H,26,29). The minimum atomic E-state index is 0.0252. The number of nitrogens with zero attached hydrogens (tertiary/aromatic N) is 3. The molecule has 1 aliphatic rings. The molecule has 6 heteroatoms. The van der Waals surface area contributed by atoms with E-state index < -0.39 is 0 Å². The second kappa shape index (κ2) is 10.8. The molecular weight excluding hydrogens is 376 g/mol. The third kappa shape index (κ3) is 6.09. The molecule has 1 N–H and O–H groups in total. The third-order valence-corrected chi connectivity index (χ3v) is 5.81. The Balaban J connectivity index is 1.47. The van der Waals surface area contributed by atoms with Crippen molar-refractivity contribution < 1.29 is 9.53 Å². The number of hydrogen-bond acceptors (Lipinski definition) is 4. The van der Waals surface area contributed by atoms with Crippen LogP contribution in [0.15, 0.2) is 24.3 Å². The number of aromatic nitrogens is 2. The van der Waals surface area contributed by atoms with Gasteiger partial charge in [-0.15, -0.1) is 0 Å². The van der Waals surface area contributed by atoms with Crippen LogP contribution in [0.1, 0.15) is 67.5 Å². The van der Waals surface area contributed by atoms with Crippen molar-refractivity contribution in [3.63, 3.8) is 0 Å². The Hall–Kier alpha value is -2.81. The first-order valence-electron chi connectivity index (χ1n) is 11.0. The fourth-order valence-electron chi connectivity index (χ4n) is 4.10. The largest absolute Gasteiger partial charge is 0.490 e. The Morgan fingerprint density at radius 3 is 2.87 bits per heavy atom. The van der Waals surface area contributed by atoms with E-state index in [-0.39, 0.29) is 5.91 Å². The topological polar surface area (TPSA) is 79.9 Å². The van der Waals surface area contributed by atoms with Crippen LogP contribution in [-0.4, -0.2) is 21.8 Å². The number of aryl methyl sites for hydroxylation is 2. The molecule has 1 aliphatic carbocycles. The first kappa shape index (κ1) is 21.9. The van der Waals surface area contributed by atoms with Crippen LogP contribution in [0.5, 0.6) is 5.75 Å². The first-order valence-corrected chi connectivity index (χ1v) is 11.0. The highest BCUT2D eigenvalue weighted by atomic mass is 16.5. The normalized spacial score (nSPS) is 14.3. The van der Waals surface area contributed by atoms with Gasteiger partial charge in [0.2, 0.25) is 5.91 Å². The van der Waals surface area contributed by atoms with Crippen molar-refractivity contribution in [1.82, 2.24) is 15.1 Å². The highest BCUT2D eigenvalue weighted by Gasteiger charge is 2.15. The average molecular weight is 409 g/mol. The molecule has 0 bridgehead atoms. The Bertz CT molecular complexity index is 891. The van der Waals surface area contributed by atoms with E-state index in [1.807, 2.05) is 42.8 Å². The molecule has 3 rings (SSSR count). The number of amides is 1. The van der Waals surface area contributed by atoms with E-state index in [4.69, 9.17) is 10.00 Å². The van der Waals surface area contributed by atoms with Gasteiger partial charge in [-0.05, 0) is 69.2 Å². The Morgan fingerprint density at radius 2 is 2.10 bits per heavy atom. The fourth-order valence-corrected chi connectivity index (χ4v) is 4.10. The molecule has 0 saturated heterocycles. The van der Waals surface area contributed by atoms with E-state index in [1.165, 1.54) is 19.3 Å². The van der Waals surface area contributed by atoms with Gasteiger partial charge in [0.05, 0.1) is 30.8 Å². The van der Waals surface area contributed by atoms with Crippen molar-refractivity contribution in [2.75, 3.05) is 0 Å². The first-order chi connectivity index (χ1) is 14.6. The molecule has 2 aromatic rings. The average Bonchev–Trinajstić information content (AvgIpc) is 3.03. The predicted octanol–water partition coefficient (Wildman–Crippen LogP) is 4.37. The van der Waals surface area contributed by atoms with Gasteiger partial charge in [0.25, 0.3) is 0 Å². The monoisotopic (exact) mass is 408 g/mol. The predicted molar refractivity (Wildman–Crippen MR) is 116 cm³/mol. The minimum Gasteiger partial charge on any atom is -0.490 e. The highest BCUT2D eigenvalue weighted by molar-refractivity contribution is 5.76. The lowest BCUT2D eigenvalue weighted by Crippen LogP contribution is -2.23. The smallest absolute Gasteiger partial charge is 0.220 e. The fraction of sp³-hybridized carbons (Fsp3) is 0.542. The van der Waals surface area contributed by atoms with Crippen LogP contribution in [0.4, 0.5) is 0 Å². The quantitative estimate of drug-likeness (QED) is 0.668. The summed E-state index contributed by atoms with van der Waals surface area (Å²) in [5.74, 6) is 0.918. The summed E-state index contributed by atoms with van der Waals surface area (Å²) in [5.41, 5.74) is 4.13. The van der Waals surface area contributed by atoms with E-state index in [2.05, 4.69) is 16.5 Å². The summed E-state index contributed by atoms with van der Waals surface area (Å²) < 4.78 is 7.99. The van der Waals surface area contributed by atoms with E-state index in [0.29, 0.717) is 38.5 Å². The van der Waals surface area contributed by atoms with Crippen LogP contribution in [0.3, 0.4) is 0 Å². The number of nitriles is 1. The molecule has 1 amide bonds. The summed E-state index contributed by atoms with van der Waals surface area (Å²) in [4.78, 5) is 12.4. The van der Waals surface area contributed by atoms with Gasteiger partial charge in [-0.25, -0.2) is 0 Å². The van der Waals surface area contributed by atoms with Gasteiger partial charge >= 0.3 is 0 Å². The summed E-state index contributed by atoms with van der Waals surface area (Å²) in [5, 5.41) is 16.3. The highest BCUT2D eigenvalue weighted by Crippen LogP contribution is 2.24. The number of nitrogens with one attached hydrogen (secondary N) is 1. The Labute approximate surface area is 179 Å². The summed E-state index contributed by atoms with van der Waals surface area (Å²) in [6, 6.07) is 10.2. The number of benzene rings is 1. The van der Waals surface area contributed by atoms with Crippen LogP contribution >= 0.6 is 0 Å². The van der Waals surface area contributed by atoms with Crippen molar-refractivity contribution in [2.45, 2.75) is 84.4 Å². The second-order valence-electron chi connectivity index (χ2n) is 8.08. The molecule has 6 nitrogen and oxygen atoms in total. The zero-order chi connectivity index (χ0) is 21.3. The van der Waals surface area contributed by atoms with E-state index in [0.717, 1.165) is 41.1 Å². The summed E-state index contributed by atoms with van der Waals surface area (Å²) in [6.07, 6.45) is 7.90. The van der Waals surface area contributed by atoms with Gasteiger partial charge in [0.1, 0.15) is 5.75 Å². The molecule has 0 atom stereocenters. The lowest BCUT2D eigenvalue weighted by molar-refractivity contribution is -0.121. The molecule has 30 heavy (non-hydrogen) atoms. The van der Waals surface area contributed by atoms with Crippen LogP contribution in [0.2, 0.25) is 0 Å². The van der Waals surface area contributed by atoms with Gasteiger partial charge in [-0.1, -0.05) is 18.6 Å². The zero-order valence-corrected chi connectivity index (χ0v) is 18.1. The number of hydrogen-bond donors (Lipinski definition) is 1. The van der Waals surface area contributed by atoms with E-state index in [1.54, 1.807) is 0 Å². The number of rotatable bonds is 9. The third-order valence-electron chi connectivity index (χ3n) is 5.81. The Morgan fingerprint density at radius 1 is 1.30 bits per heavy atom. The van der Waals surface area contributed by atoms with Crippen molar-refractivity contribution in [3.05, 3.63) is 46.8 Å². The summed E-state index contributed by atoms with van der Waals surface area (Å²) in [7, 11) is 0.